The van der Waals surface area contributed by atoms with Crippen molar-refractivity contribution < 1.29 is 19.1 Å². The van der Waals surface area contributed by atoms with E-state index in [4.69, 9.17) is 4.42 Å². The summed E-state index contributed by atoms with van der Waals surface area (Å²) in [6.07, 6.45) is 1.34. The van der Waals surface area contributed by atoms with Crippen molar-refractivity contribution >= 4 is 39.6 Å². The molecule has 144 valence electrons. The van der Waals surface area contributed by atoms with E-state index in [0.29, 0.717) is 28.3 Å². The number of carbonyl (C=O) groups excluding carboxylic acids is 1. The lowest BCUT2D eigenvalue weighted by Crippen LogP contribution is -2.13. The van der Waals surface area contributed by atoms with E-state index >= 15 is 0 Å². The van der Waals surface area contributed by atoms with Crippen LogP contribution >= 0.6 is 15.9 Å². The van der Waals surface area contributed by atoms with Crippen LogP contribution in [0.4, 0.5) is 5.69 Å². The lowest BCUT2D eigenvalue weighted by atomic mass is 10.0. The number of hydrogen-bond donors (Lipinski definition) is 2. The Morgan fingerprint density at radius 1 is 1.14 bits per heavy atom. The topological polar surface area (TPSA) is 103 Å². The van der Waals surface area contributed by atoms with Crippen LogP contribution < -0.4 is 5.32 Å². The molecule has 2 aromatic carbocycles. The molecular formula is C22H15BrN2O4. The molecule has 1 heterocycles. The molecule has 29 heavy (non-hydrogen) atoms. The average molecular weight is 451 g/mol. The first-order valence-electron chi connectivity index (χ1n) is 8.51. The molecule has 0 bridgehead atoms. The van der Waals surface area contributed by atoms with E-state index in [9.17, 15) is 20.0 Å². The minimum absolute atomic E-state index is 0.121. The fourth-order valence-electron chi connectivity index (χ4n) is 2.73. The number of nitrogens with zero attached hydrogens (tertiary/aromatic N) is 1. The van der Waals surface area contributed by atoms with Crippen molar-refractivity contribution in [3.8, 4) is 17.4 Å². The molecule has 0 radical (unpaired) electrons. The monoisotopic (exact) mass is 450 g/mol. The van der Waals surface area contributed by atoms with Gasteiger partial charge in [0.1, 0.15) is 23.2 Å². The van der Waals surface area contributed by atoms with E-state index in [0.717, 1.165) is 4.47 Å². The van der Waals surface area contributed by atoms with Crippen LogP contribution in [-0.4, -0.2) is 17.0 Å². The predicted molar refractivity (Wildman–Crippen MR) is 112 cm³/mol. The molecule has 0 aliphatic rings. The van der Waals surface area contributed by atoms with Crippen molar-refractivity contribution in [1.82, 2.24) is 0 Å². The van der Waals surface area contributed by atoms with Gasteiger partial charge in [-0.1, -0.05) is 28.1 Å². The first kappa shape index (κ1) is 20.1. The molecule has 0 fully saturated rings. The highest BCUT2D eigenvalue weighted by atomic mass is 79.9. The molecule has 0 spiro atoms. The zero-order valence-electron chi connectivity index (χ0n) is 15.3. The number of aromatic carboxylic acids is 1. The lowest BCUT2D eigenvalue weighted by Gasteiger charge is -2.06. The first-order valence-corrected chi connectivity index (χ1v) is 9.30. The molecular weight excluding hydrogens is 436 g/mol. The van der Waals surface area contributed by atoms with Crippen LogP contribution in [0, 0.1) is 18.3 Å². The summed E-state index contributed by atoms with van der Waals surface area (Å²) in [5, 5.41) is 21.3. The number of carboxylic acid groups (broad SMARTS) is 1. The highest BCUT2D eigenvalue weighted by Gasteiger charge is 2.15. The summed E-state index contributed by atoms with van der Waals surface area (Å²) in [5.74, 6) is -0.825. The van der Waals surface area contributed by atoms with Gasteiger partial charge in [-0.2, -0.15) is 5.26 Å². The number of carbonyl (C=O) groups is 2. The molecule has 3 aromatic rings. The smallest absolute Gasteiger partial charge is 0.335 e. The van der Waals surface area contributed by atoms with E-state index < -0.39 is 11.9 Å². The second kappa shape index (κ2) is 8.59. The Kier molecular flexibility index (Phi) is 5.96. The number of nitrogens with one attached hydrogen (secondary N) is 1. The van der Waals surface area contributed by atoms with Gasteiger partial charge in [0, 0.05) is 21.8 Å². The maximum absolute atomic E-state index is 12.4. The zero-order chi connectivity index (χ0) is 21.0. The average Bonchev–Trinajstić information content (AvgIpc) is 3.16. The standard InChI is InChI=1S/C22H15BrN2O4/c1-13-18(3-2-4-19(13)22(27)28)20-10-9-17(29-20)11-14(12-24)21(26)25-16-7-5-15(23)6-8-16/h2-11H,1H3,(H,25,26)(H,27,28)/b14-11+. The van der Waals surface area contributed by atoms with Crippen LogP contribution in [0.5, 0.6) is 0 Å². The number of amides is 1. The zero-order valence-corrected chi connectivity index (χ0v) is 16.9. The van der Waals surface area contributed by atoms with Gasteiger partial charge in [0.25, 0.3) is 5.91 Å². The number of hydrogen-bond acceptors (Lipinski definition) is 4. The number of furan rings is 1. The van der Waals surface area contributed by atoms with Gasteiger partial charge >= 0.3 is 5.97 Å². The number of anilines is 1. The van der Waals surface area contributed by atoms with Crippen LogP contribution in [0.15, 0.2) is 69.1 Å². The molecule has 0 atom stereocenters. The van der Waals surface area contributed by atoms with Gasteiger partial charge in [0.2, 0.25) is 0 Å². The molecule has 0 aliphatic carbocycles. The van der Waals surface area contributed by atoms with E-state index in [-0.39, 0.29) is 11.1 Å². The van der Waals surface area contributed by atoms with Crippen LogP contribution in [0.2, 0.25) is 0 Å². The van der Waals surface area contributed by atoms with Gasteiger partial charge in [0.05, 0.1) is 5.56 Å². The third kappa shape index (κ3) is 4.62. The van der Waals surface area contributed by atoms with Gasteiger partial charge in [-0.15, -0.1) is 0 Å². The first-order chi connectivity index (χ1) is 13.9. The van der Waals surface area contributed by atoms with Crippen molar-refractivity contribution in [3.05, 3.63) is 81.5 Å². The Hall–Kier alpha value is -3.63. The van der Waals surface area contributed by atoms with Gasteiger partial charge in [-0.25, -0.2) is 4.79 Å². The normalized spacial score (nSPS) is 11.0. The van der Waals surface area contributed by atoms with Crippen LogP contribution in [-0.2, 0) is 4.79 Å². The quantitative estimate of drug-likeness (QED) is 0.407. The number of halogens is 1. The minimum Gasteiger partial charge on any atom is -0.478 e. The Bertz CT molecular complexity index is 1150. The number of benzene rings is 2. The Balaban J connectivity index is 1.85. The summed E-state index contributed by atoms with van der Waals surface area (Å²) >= 11 is 3.32. The molecule has 7 heteroatoms. The molecule has 1 aromatic heterocycles. The second-order valence-electron chi connectivity index (χ2n) is 6.12. The molecule has 0 saturated heterocycles. The summed E-state index contributed by atoms with van der Waals surface area (Å²) < 4.78 is 6.60. The predicted octanol–water partition coefficient (Wildman–Crippen LogP) is 5.26. The van der Waals surface area contributed by atoms with E-state index in [1.165, 1.54) is 12.1 Å². The largest absolute Gasteiger partial charge is 0.478 e. The lowest BCUT2D eigenvalue weighted by molar-refractivity contribution is -0.112. The Morgan fingerprint density at radius 2 is 1.86 bits per heavy atom. The molecule has 0 saturated carbocycles. The highest BCUT2D eigenvalue weighted by Crippen LogP contribution is 2.28. The van der Waals surface area contributed by atoms with Crippen molar-refractivity contribution in [2.45, 2.75) is 6.92 Å². The summed E-state index contributed by atoms with van der Waals surface area (Å²) in [5.41, 5.74) is 1.81. The molecule has 0 unspecified atom stereocenters. The minimum atomic E-state index is -1.02. The van der Waals surface area contributed by atoms with E-state index in [1.54, 1.807) is 55.5 Å². The molecule has 3 rings (SSSR count). The van der Waals surface area contributed by atoms with Gasteiger partial charge in [-0.05, 0) is 55.0 Å². The third-order valence-corrected chi connectivity index (χ3v) is 4.74. The summed E-state index contributed by atoms with van der Waals surface area (Å²) in [7, 11) is 0. The third-order valence-electron chi connectivity index (χ3n) is 4.21. The Morgan fingerprint density at radius 3 is 2.52 bits per heavy atom. The number of carboxylic acids is 1. The van der Waals surface area contributed by atoms with Crippen molar-refractivity contribution in [1.29, 1.82) is 5.26 Å². The van der Waals surface area contributed by atoms with Crippen molar-refractivity contribution in [3.63, 3.8) is 0 Å². The molecule has 6 nitrogen and oxygen atoms in total. The molecule has 0 aliphatic heterocycles. The van der Waals surface area contributed by atoms with Gasteiger partial charge < -0.3 is 14.8 Å². The summed E-state index contributed by atoms with van der Waals surface area (Å²) in [6.45, 7) is 1.70. The highest BCUT2D eigenvalue weighted by molar-refractivity contribution is 9.10. The van der Waals surface area contributed by atoms with E-state index in [1.807, 2.05) is 6.07 Å². The second-order valence-corrected chi connectivity index (χ2v) is 7.03. The summed E-state index contributed by atoms with van der Waals surface area (Å²) in [6, 6.07) is 17.0. The van der Waals surface area contributed by atoms with Gasteiger partial charge in [-0.3, -0.25) is 4.79 Å². The van der Waals surface area contributed by atoms with E-state index in [2.05, 4.69) is 21.2 Å². The van der Waals surface area contributed by atoms with Crippen molar-refractivity contribution in [2.75, 3.05) is 5.32 Å². The molecule has 2 N–H and O–H groups in total. The van der Waals surface area contributed by atoms with Crippen LogP contribution in [0.25, 0.3) is 17.4 Å². The SMILES string of the molecule is Cc1c(C(=O)O)cccc1-c1ccc(/C=C(\C#N)C(=O)Nc2ccc(Br)cc2)o1. The Labute approximate surface area is 175 Å². The fraction of sp³-hybridized carbons (Fsp3) is 0.0455. The number of nitriles is 1. The fourth-order valence-corrected chi connectivity index (χ4v) is 3.00. The maximum Gasteiger partial charge on any atom is 0.335 e. The number of rotatable bonds is 5. The summed E-state index contributed by atoms with van der Waals surface area (Å²) in [4.78, 5) is 23.7. The van der Waals surface area contributed by atoms with Crippen LogP contribution in [0.3, 0.4) is 0 Å². The molecule has 1 amide bonds. The maximum atomic E-state index is 12.4. The van der Waals surface area contributed by atoms with Crippen molar-refractivity contribution in [2.24, 2.45) is 0 Å². The van der Waals surface area contributed by atoms with Gasteiger partial charge in [0.15, 0.2) is 0 Å². The van der Waals surface area contributed by atoms with Crippen LogP contribution in [0.1, 0.15) is 21.7 Å².